The molecule has 1 aliphatic heterocycles. The summed E-state index contributed by atoms with van der Waals surface area (Å²) in [7, 11) is 0. The van der Waals surface area contributed by atoms with Crippen molar-refractivity contribution in [1.82, 2.24) is 20.4 Å². The van der Waals surface area contributed by atoms with Crippen molar-refractivity contribution in [3.63, 3.8) is 0 Å². The molecule has 1 fully saturated rings. The fourth-order valence-corrected chi connectivity index (χ4v) is 4.52. The number of rotatable bonds is 9. The van der Waals surface area contributed by atoms with Crippen molar-refractivity contribution in [2.75, 3.05) is 26.2 Å². The number of piperidine rings is 1. The van der Waals surface area contributed by atoms with Crippen molar-refractivity contribution in [3.05, 3.63) is 0 Å². The molecular formula is C35H64N6O9. The van der Waals surface area contributed by atoms with Gasteiger partial charge in [0.15, 0.2) is 0 Å². The number of carbonyl (C=O) groups is 4. The highest BCUT2D eigenvalue weighted by atomic mass is 16.6. The van der Waals surface area contributed by atoms with Gasteiger partial charge in [-0.15, -0.1) is 9.98 Å². The fraction of sp³-hybridized carbons (Fsp3) is 0.829. The van der Waals surface area contributed by atoms with Crippen LogP contribution in [-0.2, 0) is 18.9 Å². The summed E-state index contributed by atoms with van der Waals surface area (Å²) in [5.74, 6) is 0.109. The minimum atomic E-state index is -0.839. The van der Waals surface area contributed by atoms with E-state index >= 15 is 0 Å². The molecule has 0 bridgehead atoms. The highest BCUT2D eigenvalue weighted by Gasteiger charge is 2.32. The van der Waals surface area contributed by atoms with Crippen LogP contribution >= 0.6 is 0 Å². The predicted octanol–water partition coefficient (Wildman–Crippen LogP) is 6.72. The monoisotopic (exact) mass is 712 g/mol. The standard InChI is InChI=1S/C35H64N6O9/c1-32(2,3)47-28(43)37-26(38-29(44)48-33(4,5)6)36-21-17-15-13-14-16-18-22-41(31(46)50-35(10,11)12)27(39-30(45)49-34(7,8)9)40-23-19-25(42)20-24-40/h25,42H,13-24H2,1-12H3,(H2,36,37,38,43,44)/b39-27-. The number of guanidine groups is 2. The molecule has 0 atom stereocenters. The van der Waals surface area contributed by atoms with Crippen LogP contribution in [-0.4, -0.2) is 106 Å². The zero-order valence-corrected chi connectivity index (χ0v) is 32.6. The fourth-order valence-electron chi connectivity index (χ4n) is 4.52. The van der Waals surface area contributed by atoms with E-state index in [9.17, 15) is 24.3 Å². The van der Waals surface area contributed by atoms with E-state index in [1.54, 1.807) is 83.1 Å². The number of hydrogen-bond acceptors (Lipinski definition) is 9. The second-order valence-electron chi connectivity index (χ2n) is 16.4. The van der Waals surface area contributed by atoms with Gasteiger partial charge in [0.1, 0.15) is 22.4 Å². The number of ether oxygens (including phenoxy) is 4. The summed E-state index contributed by atoms with van der Waals surface area (Å²) in [4.78, 5) is 62.2. The van der Waals surface area contributed by atoms with Crippen LogP contribution in [0.2, 0.25) is 0 Å². The normalized spacial score (nSPS) is 15.3. The summed E-state index contributed by atoms with van der Waals surface area (Å²) in [6.07, 6.45) is 2.32. The van der Waals surface area contributed by atoms with Crippen LogP contribution in [0.15, 0.2) is 9.98 Å². The Morgan fingerprint density at radius 3 is 1.64 bits per heavy atom. The van der Waals surface area contributed by atoms with E-state index in [-0.39, 0.29) is 18.5 Å². The van der Waals surface area contributed by atoms with Crippen LogP contribution in [0.4, 0.5) is 19.2 Å². The van der Waals surface area contributed by atoms with E-state index in [0.717, 1.165) is 32.1 Å². The highest BCUT2D eigenvalue weighted by Crippen LogP contribution is 2.19. The number of alkyl carbamates (subject to hydrolysis) is 1. The number of aliphatic hydroxyl groups is 1. The molecule has 0 saturated carbocycles. The lowest BCUT2D eigenvalue weighted by Gasteiger charge is -2.37. The topological polar surface area (TPSA) is 181 Å². The van der Waals surface area contributed by atoms with Gasteiger partial charge >= 0.3 is 24.4 Å². The molecule has 15 nitrogen and oxygen atoms in total. The quantitative estimate of drug-likeness (QED) is 0.1000. The second-order valence-corrected chi connectivity index (χ2v) is 16.4. The number of aliphatic imine (C=N–C) groups is 2. The summed E-state index contributed by atoms with van der Waals surface area (Å²) in [6.45, 7) is 22.5. The number of hydrogen-bond donors (Lipinski definition) is 3. The van der Waals surface area contributed by atoms with Crippen LogP contribution in [0.1, 0.15) is 134 Å². The lowest BCUT2D eigenvalue weighted by atomic mass is 10.1. The maximum absolute atomic E-state index is 13.5. The molecule has 0 aliphatic carbocycles. The van der Waals surface area contributed by atoms with E-state index in [1.165, 1.54) is 4.90 Å². The molecule has 0 unspecified atom stereocenters. The van der Waals surface area contributed by atoms with E-state index in [0.29, 0.717) is 38.9 Å². The predicted molar refractivity (Wildman–Crippen MR) is 192 cm³/mol. The average Bonchev–Trinajstić information content (AvgIpc) is 2.89. The third-order valence-electron chi connectivity index (χ3n) is 6.50. The molecule has 0 radical (unpaired) electrons. The number of amides is 4. The van der Waals surface area contributed by atoms with Gasteiger partial charge in [-0.3, -0.25) is 5.32 Å². The van der Waals surface area contributed by atoms with Crippen molar-refractivity contribution >= 4 is 36.3 Å². The zero-order chi connectivity index (χ0) is 38.3. The molecule has 1 heterocycles. The smallest absolute Gasteiger partial charge is 0.437 e. The Labute approximate surface area is 298 Å². The van der Waals surface area contributed by atoms with Gasteiger partial charge in [-0.1, -0.05) is 25.7 Å². The second kappa shape index (κ2) is 19.7. The molecule has 50 heavy (non-hydrogen) atoms. The number of nitrogens with zero attached hydrogens (tertiary/aromatic N) is 4. The Hall–Kier alpha value is -3.62. The van der Waals surface area contributed by atoms with Crippen LogP contribution in [0.5, 0.6) is 0 Å². The molecular weight excluding hydrogens is 648 g/mol. The van der Waals surface area contributed by atoms with Gasteiger partial charge in [-0.25, -0.2) is 24.1 Å². The molecule has 1 aliphatic rings. The third-order valence-corrected chi connectivity index (χ3v) is 6.50. The minimum absolute atomic E-state index is 0.0530. The maximum atomic E-state index is 13.5. The minimum Gasteiger partial charge on any atom is -0.444 e. The van der Waals surface area contributed by atoms with Crippen molar-refractivity contribution < 1.29 is 43.2 Å². The molecule has 3 N–H and O–H groups in total. The SMILES string of the molecule is CC(C)(C)OC(=O)/N=C(/NCCCCCCCCN(C(=O)OC(C)(C)C)/C(=N\C(=O)OC(C)(C)C)N1CCC(O)CC1)NC(=O)OC(C)(C)C. The molecule has 0 spiro atoms. The zero-order valence-electron chi connectivity index (χ0n) is 32.6. The molecule has 288 valence electrons. The van der Waals surface area contributed by atoms with Gasteiger partial charge in [-0.2, -0.15) is 0 Å². The summed E-state index contributed by atoms with van der Waals surface area (Å²) >= 11 is 0. The van der Waals surface area contributed by atoms with Crippen LogP contribution in [0.25, 0.3) is 0 Å². The molecule has 1 saturated heterocycles. The lowest BCUT2D eigenvalue weighted by Crippen LogP contribution is -2.52. The van der Waals surface area contributed by atoms with Gasteiger partial charge in [-0.05, 0) is 109 Å². The summed E-state index contributed by atoms with van der Waals surface area (Å²) in [5.41, 5.74) is -3.00. The van der Waals surface area contributed by atoms with Crippen molar-refractivity contribution in [1.29, 1.82) is 0 Å². The van der Waals surface area contributed by atoms with Crippen molar-refractivity contribution in [2.45, 2.75) is 163 Å². The van der Waals surface area contributed by atoms with Crippen LogP contribution in [0.3, 0.4) is 0 Å². The van der Waals surface area contributed by atoms with E-state index in [4.69, 9.17) is 18.9 Å². The molecule has 15 heteroatoms. The third kappa shape index (κ3) is 21.5. The molecule has 0 aromatic carbocycles. The van der Waals surface area contributed by atoms with E-state index < -0.39 is 52.9 Å². The Balaban J connectivity index is 2.83. The maximum Gasteiger partial charge on any atom is 0.437 e. The Kier molecular flexibility index (Phi) is 17.5. The molecule has 4 amide bonds. The first-order valence-electron chi connectivity index (χ1n) is 17.6. The number of aliphatic hydroxyl groups excluding tert-OH is 1. The first-order chi connectivity index (χ1) is 22.8. The highest BCUT2D eigenvalue weighted by molar-refractivity contribution is 5.99. The van der Waals surface area contributed by atoms with Crippen molar-refractivity contribution in [2.24, 2.45) is 9.98 Å². The van der Waals surface area contributed by atoms with Gasteiger partial charge in [0.25, 0.3) is 0 Å². The van der Waals surface area contributed by atoms with Crippen LogP contribution in [0, 0.1) is 0 Å². The number of unbranched alkanes of at least 4 members (excludes halogenated alkanes) is 5. The Bertz CT molecular complexity index is 1170. The largest absolute Gasteiger partial charge is 0.444 e. The summed E-state index contributed by atoms with van der Waals surface area (Å²) in [6, 6.07) is 0. The first-order valence-corrected chi connectivity index (χ1v) is 17.6. The van der Waals surface area contributed by atoms with Crippen LogP contribution < -0.4 is 10.6 Å². The average molecular weight is 713 g/mol. The number of likely N-dealkylation sites (tertiary alicyclic amines) is 1. The number of carbonyl (C=O) groups excluding carboxylic acids is 4. The van der Waals surface area contributed by atoms with Gasteiger partial charge < -0.3 is 34.3 Å². The molecule has 0 aromatic rings. The Morgan fingerprint density at radius 2 is 1.14 bits per heavy atom. The molecule has 1 rings (SSSR count). The lowest BCUT2D eigenvalue weighted by molar-refractivity contribution is 0.0329. The molecule has 0 aromatic heterocycles. The van der Waals surface area contributed by atoms with E-state index in [2.05, 4.69) is 20.6 Å². The summed E-state index contributed by atoms with van der Waals surface area (Å²) < 4.78 is 21.7. The Morgan fingerprint density at radius 1 is 0.680 bits per heavy atom. The van der Waals surface area contributed by atoms with Gasteiger partial charge in [0.2, 0.25) is 11.9 Å². The van der Waals surface area contributed by atoms with E-state index in [1.807, 2.05) is 4.90 Å². The van der Waals surface area contributed by atoms with Gasteiger partial charge in [0, 0.05) is 26.2 Å². The van der Waals surface area contributed by atoms with Crippen molar-refractivity contribution in [3.8, 4) is 0 Å². The van der Waals surface area contributed by atoms with Gasteiger partial charge in [0.05, 0.1) is 6.10 Å². The number of nitrogens with one attached hydrogen (secondary N) is 2. The first kappa shape index (κ1) is 44.4. The summed E-state index contributed by atoms with van der Waals surface area (Å²) in [5, 5.41) is 15.5.